The first kappa shape index (κ1) is 26.6. The van der Waals surface area contributed by atoms with Crippen LogP contribution in [0.15, 0.2) is 12.1 Å². The van der Waals surface area contributed by atoms with Gasteiger partial charge < -0.3 is 16.4 Å². The third-order valence-electron chi connectivity index (χ3n) is 7.35. The molecule has 37 heavy (non-hydrogen) atoms. The quantitative estimate of drug-likeness (QED) is 0.599. The predicted molar refractivity (Wildman–Crippen MR) is 128 cm³/mol. The van der Waals surface area contributed by atoms with Crippen LogP contribution >= 0.6 is 0 Å². The lowest BCUT2D eigenvalue weighted by Gasteiger charge is -2.45. The molecular weight excluding hydrogens is 489 g/mol. The molecule has 4 rings (SSSR count). The molecule has 2 aromatic rings. The third-order valence-corrected chi connectivity index (χ3v) is 7.35. The lowest BCUT2D eigenvalue weighted by molar-refractivity contribution is -0.146. The van der Waals surface area contributed by atoms with Gasteiger partial charge in [-0.05, 0) is 31.4 Å². The van der Waals surface area contributed by atoms with Gasteiger partial charge in [0, 0.05) is 36.7 Å². The van der Waals surface area contributed by atoms with Gasteiger partial charge >= 0.3 is 6.03 Å². The van der Waals surface area contributed by atoms with Gasteiger partial charge in [0.05, 0.1) is 17.7 Å². The molecule has 1 unspecified atom stereocenters. The maximum Gasteiger partial charge on any atom is 0.339 e. The fourth-order valence-electron chi connectivity index (χ4n) is 5.65. The number of rotatable bonds is 4. The van der Waals surface area contributed by atoms with Crippen molar-refractivity contribution in [3.63, 3.8) is 0 Å². The summed E-state index contributed by atoms with van der Waals surface area (Å²) in [7, 11) is 1.78. The average Bonchev–Trinajstić information content (AvgIpc) is 3.42. The van der Waals surface area contributed by atoms with Crippen LogP contribution in [-0.4, -0.2) is 63.6 Å². The van der Waals surface area contributed by atoms with Crippen molar-refractivity contribution in [2.24, 2.45) is 22.8 Å². The van der Waals surface area contributed by atoms with Crippen molar-refractivity contribution in [2.45, 2.75) is 52.1 Å². The molecule has 1 fully saturated rings. The minimum absolute atomic E-state index is 0.100. The smallest absolute Gasteiger partial charge is 0.339 e. The molecule has 200 valence electrons. The normalized spacial score (nSPS) is 21.1. The molecule has 1 aromatic heterocycles. The molecule has 3 heterocycles. The van der Waals surface area contributed by atoms with Gasteiger partial charge in [-0.3, -0.25) is 14.5 Å². The van der Waals surface area contributed by atoms with E-state index in [2.05, 4.69) is 5.10 Å². The first-order chi connectivity index (χ1) is 17.2. The second-order valence-corrected chi connectivity index (χ2v) is 10.8. The van der Waals surface area contributed by atoms with Gasteiger partial charge in [-0.15, -0.1) is 0 Å². The number of carbonyl (C=O) groups excluding carboxylic acids is 3. The van der Waals surface area contributed by atoms with Crippen LogP contribution in [0.5, 0.6) is 0 Å². The SMILES string of the molecule is CN1CCc2c(c(-c3cc(F)c(F)cc3F)nn2C(N)=O)C1[C@@H](C(=O)N1CCC[C@@H]1C(N)=O)C(C)(C)C. The Morgan fingerprint density at radius 1 is 1.05 bits per heavy atom. The zero-order chi connectivity index (χ0) is 27.4. The van der Waals surface area contributed by atoms with E-state index in [1.807, 2.05) is 25.7 Å². The topological polar surface area (TPSA) is 128 Å². The van der Waals surface area contributed by atoms with Crippen molar-refractivity contribution in [1.82, 2.24) is 19.6 Å². The molecule has 2 aliphatic heterocycles. The predicted octanol–water partition coefficient (Wildman–Crippen LogP) is 2.56. The van der Waals surface area contributed by atoms with Crippen LogP contribution in [-0.2, 0) is 16.0 Å². The van der Waals surface area contributed by atoms with E-state index in [1.165, 1.54) is 4.90 Å². The molecule has 0 bridgehead atoms. The van der Waals surface area contributed by atoms with Gasteiger partial charge in [0.2, 0.25) is 11.8 Å². The van der Waals surface area contributed by atoms with E-state index < -0.39 is 52.8 Å². The molecule has 4 N–H and O–H groups in total. The maximum absolute atomic E-state index is 15.0. The van der Waals surface area contributed by atoms with E-state index in [9.17, 15) is 27.6 Å². The van der Waals surface area contributed by atoms with Gasteiger partial charge in [0.25, 0.3) is 0 Å². The van der Waals surface area contributed by atoms with Crippen LogP contribution in [0.25, 0.3) is 11.3 Å². The molecule has 12 heteroatoms. The number of amides is 3. The van der Waals surface area contributed by atoms with Crippen molar-refractivity contribution in [3.8, 4) is 11.3 Å². The van der Waals surface area contributed by atoms with Crippen molar-refractivity contribution in [3.05, 3.63) is 40.8 Å². The number of hydrogen-bond donors (Lipinski definition) is 2. The first-order valence-corrected chi connectivity index (χ1v) is 12.1. The summed E-state index contributed by atoms with van der Waals surface area (Å²) in [6.45, 7) is 6.36. The molecule has 3 atom stereocenters. The fraction of sp³-hybridized carbons (Fsp3) is 0.520. The molecule has 3 amide bonds. The van der Waals surface area contributed by atoms with E-state index in [1.54, 1.807) is 7.05 Å². The number of aromatic nitrogens is 2. The summed E-state index contributed by atoms with van der Waals surface area (Å²) in [4.78, 5) is 41.9. The Morgan fingerprint density at radius 3 is 2.30 bits per heavy atom. The molecule has 1 saturated heterocycles. The summed E-state index contributed by atoms with van der Waals surface area (Å²) >= 11 is 0. The zero-order valence-corrected chi connectivity index (χ0v) is 21.2. The van der Waals surface area contributed by atoms with Crippen molar-refractivity contribution >= 4 is 17.8 Å². The number of hydrogen-bond acceptors (Lipinski definition) is 5. The highest BCUT2D eigenvalue weighted by molar-refractivity contribution is 5.89. The van der Waals surface area contributed by atoms with E-state index in [-0.39, 0.29) is 17.2 Å². The van der Waals surface area contributed by atoms with Crippen LogP contribution in [0.2, 0.25) is 0 Å². The minimum atomic E-state index is -1.37. The number of benzene rings is 1. The monoisotopic (exact) mass is 520 g/mol. The molecule has 9 nitrogen and oxygen atoms in total. The Balaban J connectivity index is 1.96. The Labute approximate surface area is 212 Å². The average molecular weight is 521 g/mol. The number of nitrogens with two attached hydrogens (primary N) is 2. The molecule has 0 radical (unpaired) electrons. The highest BCUT2D eigenvalue weighted by Crippen LogP contribution is 2.48. The second kappa shape index (κ2) is 9.47. The van der Waals surface area contributed by atoms with Crippen molar-refractivity contribution < 1.29 is 27.6 Å². The third kappa shape index (κ3) is 4.58. The van der Waals surface area contributed by atoms with Gasteiger partial charge in [-0.2, -0.15) is 9.78 Å². The summed E-state index contributed by atoms with van der Waals surface area (Å²) in [5.74, 6) is -5.44. The van der Waals surface area contributed by atoms with Gasteiger partial charge in [-0.1, -0.05) is 20.8 Å². The molecule has 0 saturated carbocycles. The fourth-order valence-corrected chi connectivity index (χ4v) is 5.65. The maximum atomic E-state index is 15.0. The summed E-state index contributed by atoms with van der Waals surface area (Å²) in [5, 5.41) is 4.23. The second-order valence-electron chi connectivity index (χ2n) is 10.8. The van der Waals surface area contributed by atoms with E-state index >= 15 is 0 Å². The Kier molecular flexibility index (Phi) is 6.82. The van der Waals surface area contributed by atoms with E-state index in [0.717, 1.165) is 4.68 Å². The van der Waals surface area contributed by atoms with Gasteiger partial charge in [0.15, 0.2) is 11.6 Å². The number of nitrogens with zero attached hydrogens (tertiary/aromatic N) is 4. The summed E-state index contributed by atoms with van der Waals surface area (Å²) in [5.41, 5.74) is 10.7. The van der Waals surface area contributed by atoms with Crippen LogP contribution in [0, 0.1) is 28.8 Å². The molecule has 2 aliphatic rings. The Hall–Kier alpha value is -3.41. The van der Waals surface area contributed by atoms with Gasteiger partial charge in [0.1, 0.15) is 17.6 Å². The minimum Gasteiger partial charge on any atom is -0.368 e. The lowest BCUT2D eigenvalue weighted by atomic mass is 9.71. The largest absolute Gasteiger partial charge is 0.368 e. The Bertz CT molecular complexity index is 1270. The van der Waals surface area contributed by atoms with Crippen molar-refractivity contribution in [2.75, 3.05) is 20.1 Å². The first-order valence-electron chi connectivity index (χ1n) is 12.1. The molecule has 0 aliphatic carbocycles. The lowest BCUT2D eigenvalue weighted by Crippen LogP contribution is -2.53. The van der Waals surface area contributed by atoms with Crippen LogP contribution in [0.1, 0.15) is 50.9 Å². The van der Waals surface area contributed by atoms with E-state index in [4.69, 9.17) is 11.5 Å². The number of likely N-dealkylation sites (tertiary alicyclic amines) is 1. The van der Waals surface area contributed by atoms with Crippen LogP contribution < -0.4 is 11.5 Å². The highest BCUT2D eigenvalue weighted by atomic mass is 19.2. The Morgan fingerprint density at radius 2 is 1.70 bits per heavy atom. The number of likely N-dealkylation sites (N-methyl/N-ethyl adjacent to an activating group) is 1. The molecule has 1 aromatic carbocycles. The number of carbonyl (C=O) groups is 3. The molecule has 0 spiro atoms. The van der Waals surface area contributed by atoms with Crippen LogP contribution in [0.4, 0.5) is 18.0 Å². The number of primary amides is 2. The number of fused-ring (bicyclic) bond motifs is 1. The summed E-state index contributed by atoms with van der Waals surface area (Å²) < 4.78 is 43.9. The van der Waals surface area contributed by atoms with Crippen molar-refractivity contribution in [1.29, 1.82) is 0 Å². The van der Waals surface area contributed by atoms with Gasteiger partial charge in [-0.25, -0.2) is 18.0 Å². The summed E-state index contributed by atoms with van der Waals surface area (Å²) in [6, 6.07) is -1.33. The summed E-state index contributed by atoms with van der Waals surface area (Å²) in [6.07, 6.45) is 1.36. The number of halogens is 3. The van der Waals surface area contributed by atoms with E-state index in [0.29, 0.717) is 55.7 Å². The zero-order valence-electron chi connectivity index (χ0n) is 21.2. The highest BCUT2D eigenvalue weighted by Gasteiger charge is 2.49. The standard InChI is InChI=1S/C25H31F3N6O3/c1-25(2,3)19(23(36)33-8-5-6-17(33)22(29)35)21-18-16(7-9-32(21)4)34(24(30)37)31-20(18)12-10-14(27)15(28)11-13(12)26/h10-11,17,19,21H,5-9H2,1-4H3,(H2,29,35)(H2,30,37)/t17-,19+,21?/m1/s1. The molecular formula is C25H31F3N6O3. The van der Waals surface area contributed by atoms with Crippen LogP contribution in [0.3, 0.4) is 0 Å².